The van der Waals surface area contributed by atoms with Gasteiger partial charge in [0.05, 0.1) is 23.4 Å². The maximum Gasteiger partial charge on any atom is 0.419 e. The lowest BCUT2D eigenvalue weighted by Crippen LogP contribution is -2.43. The Hall–Kier alpha value is -3.41. The van der Waals surface area contributed by atoms with Gasteiger partial charge in [0.1, 0.15) is 11.5 Å². The molecule has 3 aromatic rings. The molecule has 0 spiro atoms. The average Bonchev–Trinajstić information content (AvgIpc) is 3.15. The van der Waals surface area contributed by atoms with Gasteiger partial charge in [0, 0.05) is 29.3 Å². The van der Waals surface area contributed by atoms with E-state index in [-0.39, 0.29) is 44.4 Å². The molecule has 0 unspecified atom stereocenters. The summed E-state index contributed by atoms with van der Waals surface area (Å²) in [6.07, 6.45) is -3.59. The molecule has 12 heteroatoms. The van der Waals surface area contributed by atoms with Gasteiger partial charge < -0.3 is 10.2 Å². The van der Waals surface area contributed by atoms with Crippen molar-refractivity contribution in [1.29, 1.82) is 0 Å². The van der Waals surface area contributed by atoms with Crippen LogP contribution in [0, 0.1) is 19.7 Å². The van der Waals surface area contributed by atoms with E-state index >= 15 is 0 Å². The summed E-state index contributed by atoms with van der Waals surface area (Å²) in [5, 5.41) is 6.86. The number of fused-ring (bicyclic) bond motifs is 1. The van der Waals surface area contributed by atoms with E-state index in [2.05, 4.69) is 15.4 Å². The van der Waals surface area contributed by atoms with Crippen LogP contribution >= 0.6 is 13.5 Å². The third-order valence-corrected chi connectivity index (χ3v) is 5.26. The first-order valence-corrected chi connectivity index (χ1v) is 9.98. The maximum absolute atomic E-state index is 14.1. The molecular weight excluding hydrogens is 486 g/mol. The Morgan fingerprint density at radius 2 is 1.77 bits per heavy atom. The third kappa shape index (κ3) is 5.31. The summed E-state index contributed by atoms with van der Waals surface area (Å²) < 4.78 is 54.2. The van der Waals surface area contributed by atoms with Gasteiger partial charge in [0.2, 0.25) is 0 Å². The maximum atomic E-state index is 14.1. The van der Waals surface area contributed by atoms with Crippen LogP contribution in [-0.4, -0.2) is 33.1 Å². The zero-order chi connectivity index (χ0) is 24.1. The molecule has 0 radical (unpaired) electrons. The van der Waals surface area contributed by atoms with Crippen molar-refractivity contribution < 1.29 is 27.2 Å². The second-order valence-electron chi connectivity index (χ2n) is 7.87. The van der Waals surface area contributed by atoms with Crippen LogP contribution in [0.1, 0.15) is 58.2 Å². The number of benzene rings is 1. The Kier molecular flexibility index (Phi) is 8.00. The number of pyridine rings is 1. The molecule has 2 amide bonds. The molecule has 1 aliphatic rings. The topological polar surface area (TPSA) is 80.1 Å². The third-order valence-electron chi connectivity index (χ3n) is 5.26. The number of aryl methyl sites for hydroxylation is 2. The van der Waals surface area contributed by atoms with Crippen LogP contribution in [0.5, 0.6) is 0 Å². The number of aromatic nitrogens is 3. The van der Waals surface area contributed by atoms with Crippen molar-refractivity contribution in [3.63, 3.8) is 0 Å². The second-order valence-corrected chi connectivity index (χ2v) is 7.87. The monoisotopic (exact) mass is 511 g/mol. The number of carbonyl (C=O) groups is 2. The van der Waals surface area contributed by atoms with Crippen molar-refractivity contribution in [2.24, 2.45) is 0 Å². The standard InChI is InChI=1S/C22H19F4N5O2.CH4.H2S/c1-11-6-14(7-12(2)28-11)29-20(32)16-9-27-31-13(3)10-30(21(33)19(16)31)15-4-5-17(18(23)8-15)22(24,25)26;;/h4-9,13H,10H2,1-3H3,(H,28,29,32);1H4;1H2/t13-;;/m0../s1. The Labute approximate surface area is 206 Å². The number of hydrogen-bond acceptors (Lipinski definition) is 4. The van der Waals surface area contributed by atoms with Crippen LogP contribution in [0.3, 0.4) is 0 Å². The molecule has 1 N–H and O–H groups in total. The zero-order valence-corrected chi connectivity index (χ0v) is 19.4. The number of hydrogen-bond donors (Lipinski definition) is 1. The predicted molar refractivity (Wildman–Crippen MR) is 129 cm³/mol. The molecule has 7 nitrogen and oxygen atoms in total. The van der Waals surface area contributed by atoms with Crippen molar-refractivity contribution in [3.05, 3.63) is 70.6 Å². The number of alkyl halides is 3. The highest BCUT2D eigenvalue weighted by atomic mass is 32.1. The highest BCUT2D eigenvalue weighted by Gasteiger charge is 2.37. The predicted octanol–water partition coefficient (Wildman–Crippen LogP) is 5.28. The number of rotatable bonds is 3. The van der Waals surface area contributed by atoms with Crippen LogP contribution in [0.25, 0.3) is 0 Å². The highest BCUT2D eigenvalue weighted by molar-refractivity contribution is 7.59. The van der Waals surface area contributed by atoms with Gasteiger partial charge in [0.15, 0.2) is 0 Å². The molecule has 0 saturated carbocycles. The van der Waals surface area contributed by atoms with Crippen LogP contribution < -0.4 is 10.2 Å². The van der Waals surface area contributed by atoms with E-state index in [0.717, 1.165) is 11.0 Å². The lowest BCUT2D eigenvalue weighted by Gasteiger charge is -2.32. The largest absolute Gasteiger partial charge is 0.419 e. The summed E-state index contributed by atoms with van der Waals surface area (Å²) in [4.78, 5) is 31.5. The summed E-state index contributed by atoms with van der Waals surface area (Å²) in [6.45, 7) is 5.32. The van der Waals surface area contributed by atoms with Crippen LogP contribution in [0.2, 0.25) is 0 Å². The normalized spacial score (nSPS) is 15.1. The minimum atomic E-state index is -4.85. The fourth-order valence-electron chi connectivity index (χ4n) is 3.86. The lowest BCUT2D eigenvalue weighted by molar-refractivity contribution is -0.139. The number of nitrogens with zero attached hydrogens (tertiary/aromatic N) is 4. The summed E-state index contributed by atoms with van der Waals surface area (Å²) in [5.41, 5.74) is 0.381. The molecule has 4 rings (SSSR count). The molecule has 1 aliphatic heterocycles. The number of anilines is 2. The Bertz CT molecular complexity index is 1260. The molecule has 188 valence electrons. The van der Waals surface area contributed by atoms with Gasteiger partial charge in [-0.1, -0.05) is 7.43 Å². The summed E-state index contributed by atoms with van der Waals surface area (Å²) >= 11 is 0. The first-order valence-electron chi connectivity index (χ1n) is 9.98. The van der Waals surface area contributed by atoms with Gasteiger partial charge in [0.25, 0.3) is 11.8 Å². The number of amides is 2. The minimum absolute atomic E-state index is 0. The van der Waals surface area contributed by atoms with Gasteiger partial charge in [-0.15, -0.1) is 0 Å². The van der Waals surface area contributed by atoms with E-state index in [1.807, 2.05) is 0 Å². The van der Waals surface area contributed by atoms with Gasteiger partial charge in [-0.3, -0.25) is 19.3 Å². The van der Waals surface area contributed by atoms with E-state index in [1.165, 1.54) is 10.9 Å². The molecule has 1 aromatic carbocycles. The van der Waals surface area contributed by atoms with Crippen molar-refractivity contribution >= 4 is 36.7 Å². The van der Waals surface area contributed by atoms with Crippen molar-refractivity contribution in [1.82, 2.24) is 14.8 Å². The van der Waals surface area contributed by atoms with E-state index < -0.39 is 35.4 Å². The fraction of sp³-hybridized carbons (Fsp3) is 0.304. The summed E-state index contributed by atoms with van der Waals surface area (Å²) in [5.74, 6) is -2.74. The van der Waals surface area contributed by atoms with E-state index in [4.69, 9.17) is 0 Å². The van der Waals surface area contributed by atoms with Crippen LogP contribution in [0.15, 0.2) is 36.5 Å². The highest BCUT2D eigenvalue weighted by Crippen LogP contribution is 2.35. The molecule has 0 aliphatic carbocycles. The number of halogens is 4. The first-order chi connectivity index (χ1) is 15.5. The number of carbonyl (C=O) groups excluding carboxylic acids is 2. The Morgan fingerprint density at radius 3 is 2.34 bits per heavy atom. The molecule has 35 heavy (non-hydrogen) atoms. The van der Waals surface area contributed by atoms with Gasteiger partial charge in [-0.25, -0.2) is 4.39 Å². The average molecular weight is 512 g/mol. The van der Waals surface area contributed by atoms with E-state index in [9.17, 15) is 27.2 Å². The van der Waals surface area contributed by atoms with Gasteiger partial charge >= 0.3 is 6.18 Å². The van der Waals surface area contributed by atoms with Crippen LogP contribution in [-0.2, 0) is 6.18 Å². The molecule has 1 atom stereocenters. The molecule has 2 aromatic heterocycles. The SMILES string of the molecule is C.Cc1cc(NC(=O)c2cnn3c2C(=O)N(c2ccc(C(F)(F)F)c(F)c2)C[C@@H]3C)cc(C)n1.S. The van der Waals surface area contributed by atoms with Crippen molar-refractivity contribution in [2.45, 2.75) is 40.4 Å². The molecular formula is C23H25F4N5O2S. The number of nitrogens with one attached hydrogen (secondary N) is 1. The fourth-order valence-corrected chi connectivity index (χ4v) is 3.86. The zero-order valence-electron chi connectivity index (χ0n) is 18.4. The first kappa shape index (κ1) is 27.8. The summed E-state index contributed by atoms with van der Waals surface area (Å²) in [6, 6.07) is 5.23. The molecule has 0 saturated heterocycles. The quantitative estimate of drug-likeness (QED) is 0.486. The minimum Gasteiger partial charge on any atom is -0.322 e. The van der Waals surface area contributed by atoms with Gasteiger partial charge in [-0.05, 0) is 51.1 Å². The smallest absolute Gasteiger partial charge is 0.322 e. The Morgan fingerprint density at radius 1 is 1.14 bits per heavy atom. The molecule has 0 bridgehead atoms. The van der Waals surface area contributed by atoms with Gasteiger partial charge in [-0.2, -0.15) is 31.8 Å². The van der Waals surface area contributed by atoms with E-state index in [0.29, 0.717) is 29.2 Å². The lowest BCUT2D eigenvalue weighted by atomic mass is 10.1. The Balaban J connectivity index is 0.00000216. The van der Waals surface area contributed by atoms with Crippen LogP contribution in [0.4, 0.5) is 28.9 Å². The second kappa shape index (κ2) is 10.1. The van der Waals surface area contributed by atoms with Crippen molar-refractivity contribution in [3.8, 4) is 0 Å². The molecule has 0 fully saturated rings. The van der Waals surface area contributed by atoms with E-state index in [1.54, 1.807) is 32.9 Å². The van der Waals surface area contributed by atoms with Crippen molar-refractivity contribution in [2.75, 3.05) is 16.8 Å². The molecule has 3 heterocycles. The summed E-state index contributed by atoms with van der Waals surface area (Å²) in [7, 11) is 0.